The quantitative estimate of drug-likeness (QED) is 0.514. The van der Waals surface area contributed by atoms with Gasteiger partial charge in [-0.15, -0.1) is 5.26 Å². The molecule has 0 heterocycles. The van der Waals surface area contributed by atoms with Crippen molar-refractivity contribution in [3.8, 4) is 6.26 Å². The van der Waals surface area contributed by atoms with Gasteiger partial charge in [0.25, 0.3) is 0 Å². The van der Waals surface area contributed by atoms with Crippen LogP contribution in [-0.2, 0) is 4.84 Å². The van der Waals surface area contributed by atoms with E-state index in [9.17, 15) is 0 Å². The lowest BCUT2D eigenvalue weighted by Crippen LogP contribution is -1.94. The van der Waals surface area contributed by atoms with E-state index in [0.29, 0.717) is 0 Å². The largest absolute Gasteiger partial charge is 0.314 e. The average molecular weight is 148 g/mol. The highest BCUT2D eigenvalue weighted by Crippen LogP contribution is 2.08. The third-order valence-corrected chi connectivity index (χ3v) is 1.23. The average Bonchev–Trinajstić information content (AvgIpc) is 2.01. The number of hydrogen-bond donors (Lipinski definition) is 1. The van der Waals surface area contributed by atoms with Gasteiger partial charge in [-0.2, -0.15) is 0 Å². The number of nitrogens with one attached hydrogen (secondary N) is 1. The zero-order valence-corrected chi connectivity index (χ0v) is 6.16. The third-order valence-electron chi connectivity index (χ3n) is 1.23. The smallest absolute Gasteiger partial charge is 0.302 e. The number of aryl methyl sites for hydroxylation is 1. The van der Waals surface area contributed by atoms with Gasteiger partial charge in [0.15, 0.2) is 0 Å². The molecule has 0 amide bonds. The maximum Gasteiger partial charge on any atom is 0.314 e. The van der Waals surface area contributed by atoms with Gasteiger partial charge in [-0.1, -0.05) is 12.1 Å². The summed E-state index contributed by atoms with van der Waals surface area (Å²) in [7, 11) is 0. The van der Waals surface area contributed by atoms with E-state index < -0.39 is 0 Å². The molecular weight excluding hydrogens is 140 g/mol. The van der Waals surface area contributed by atoms with Crippen LogP contribution in [0.15, 0.2) is 24.3 Å². The molecule has 56 valence electrons. The fourth-order valence-electron chi connectivity index (χ4n) is 0.790. The first-order valence-corrected chi connectivity index (χ1v) is 3.20. The van der Waals surface area contributed by atoms with Crippen molar-refractivity contribution in [3.05, 3.63) is 29.8 Å². The van der Waals surface area contributed by atoms with Crippen LogP contribution in [0.3, 0.4) is 0 Å². The van der Waals surface area contributed by atoms with Crippen LogP contribution in [0.2, 0.25) is 0 Å². The molecule has 0 aliphatic carbocycles. The Bertz CT molecular complexity index is 278. The predicted molar refractivity (Wildman–Crippen MR) is 41.5 cm³/mol. The topological polar surface area (TPSA) is 45.0 Å². The molecule has 0 radical (unpaired) electrons. The van der Waals surface area contributed by atoms with Crippen LogP contribution in [0.25, 0.3) is 0 Å². The molecule has 1 aromatic carbocycles. The normalized spacial score (nSPS) is 8.36. The fraction of sp³-hybridized carbons (Fsp3) is 0.125. The number of hydrogen-bond acceptors (Lipinski definition) is 3. The number of benzene rings is 1. The molecule has 0 aromatic heterocycles. The summed E-state index contributed by atoms with van der Waals surface area (Å²) in [6, 6.07) is 7.57. The minimum Gasteiger partial charge on any atom is -0.302 e. The molecule has 0 saturated heterocycles. The number of nitrogens with zero attached hydrogens (tertiary/aromatic N) is 1. The van der Waals surface area contributed by atoms with Gasteiger partial charge in [-0.05, 0) is 24.6 Å². The SMILES string of the molecule is Cc1cccc(NOC#N)c1. The summed E-state index contributed by atoms with van der Waals surface area (Å²) in [6.45, 7) is 1.97. The van der Waals surface area contributed by atoms with Crippen molar-refractivity contribution in [3.63, 3.8) is 0 Å². The molecule has 3 nitrogen and oxygen atoms in total. The molecule has 0 unspecified atom stereocenters. The number of anilines is 1. The van der Waals surface area contributed by atoms with E-state index in [0.717, 1.165) is 11.3 Å². The molecule has 3 heteroatoms. The van der Waals surface area contributed by atoms with Crippen LogP contribution in [0.1, 0.15) is 5.56 Å². The number of nitriles is 1. The van der Waals surface area contributed by atoms with E-state index in [2.05, 4.69) is 10.3 Å². The summed E-state index contributed by atoms with van der Waals surface area (Å²) in [6.07, 6.45) is 1.52. The lowest BCUT2D eigenvalue weighted by molar-refractivity contribution is 0.354. The van der Waals surface area contributed by atoms with Gasteiger partial charge in [-0.3, -0.25) is 0 Å². The van der Waals surface area contributed by atoms with Gasteiger partial charge in [-0.25, -0.2) is 5.48 Å². The first-order chi connectivity index (χ1) is 5.33. The Balaban J connectivity index is 2.65. The molecule has 0 bridgehead atoms. The van der Waals surface area contributed by atoms with Crippen LogP contribution in [0, 0.1) is 18.4 Å². The van der Waals surface area contributed by atoms with Crippen molar-refractivity contribution in [1.82, 2.24) is 0 Å². The maximum absolute atomic E-state index is 8.06. The van der Waals surface area contributed by atoms with Crippen LogP contribution >= 0.6 is 0 Å². The lowest BCUT2D eigenvalue weighted by Gasteiger charge is -2.00. The van der Waals surface area contributed by atoms with Crippen LogP contribution < -0.4 is 5.48 Å². The second-order valence-corrected chi connectivity index (χ2v) is 2.16. The van der Waals surface area contributed by atoms with E-state index in [-0.39, 0.29) is 0 Å². The van der Waals surface area contributed by atoms with Gasteiger partial charge in [0, 0.05) is 0 Å². The molecule has 11 heavy (non-hydrogen) atoms. The summed E-state index contributed by atoms with van der Waals surface area (Å²) < 4.78 is 0. The van der Waals surface area contributed by atoms with Crippen molar-refractivity contribution < 1.29 is 4.84 Å². The summed E-state index contributed by atoms with van der Waals surface area (Å²) in [5.74, 6) is 0. The first-order valence-electron chi connectivity index (χ1n) is 3.20. The zero-order valence-electron chi connectivity index (χ0n) is 6.16. The van der Waals surface area contributed by atoms with Gasteiger partial charge in [0.2, 0.25) is 0 Å². The lowest BCUT2D eigenvalue weighted by atomic mass is 10.2. The highest BCUT2D eigenvalue weighted by molar-refractivity contribution is 5.43. The van der Waals surface area contributed by atoms with E-state index in [4.69, 9.17) is 5.26 Å². The molecule has 0 aliphatic rings. The Morgan fingerprint density at radius 1 is 1.55 bits per heavy atom. The molecule has 1 aromatic rings. The molecule has 0 saturated carbocycles. The van der Waals surface area contributed by atoms with E-state index in [1.807, 2.05) is 31.2 Å². The Kier molecular flexibility index (Phi) is 2.34. The highest BCUT2D eigenvalue weighted by atomic mass is 16.6. The van der Waals surface area contributed by atoms with Crippen LogP contribution in [0.4, 0.5) is 5.69 Å². The second kappa shape index (κ2) is 3.47. The van der Waals surface area contributed by atoms with Crippen molar-refractivity contribution in [2.45, 2.75) is 6.92 Å². The predicted octanol–water partition coefficient (Wildman–Crippen LogP) is 1.82. The van der Waals surface area contributed by atoms with E-state index >= 15 is 0 Å². The standard InChI is InChI=1S/C8H8N2O/c1-7-3-2-4-8(5-7)10-11-6-9/h2-5,10H,1H3. The van der Waals surface area contributed by atoms with Gasteiger partial charge in [0.05, 0.1) is 5.69 Å². The molecule has 1 rings (SSSR count). The fourth-order valence-corrected chi connectivity index (χ4v) is 0.790. The summed E-state index contributed by atoms with van der Waals surface area (Å²) in [5, 5.41) is 8.06. The monoisotopic (exact) mass is 148 g/mol. The number of rotatable bonds is 2. The molecule has 0 fully saturated rings. The Morgan fingerprint density at radius 3 is 3.00 bits per heavy atom. The first kappa shape index (κ1) is 7.42. The van der Waals surface area contributed by atoms with Gasteiger partial charge < -0.3 is 4.84 Å². The highest BCUT2D eigenvalue weighted by Gasteiger charge is 1.89. The van der Waals surface area contributed by atoms with Crippen molar-refractivity contribution >= 4 is 5.69 Å². The molecule has 0 aliphatic heterocycles. The Morgan fingerprint density at radius 2 is 2.36 bits per heavy atom. The van der Waals surface area contributed by atoms with Crippen molar-refractivity contribution in [2.24, 2.45) is 0 Å². The van der Waals surface area contributed by atoms with Gasteiger partial charge >= 0.3 is 6.26 Å². The third kappa shape index (κ3) is 2.18. The van der Waals surface area contributed by atoms with Crippen molar-refractivity contribution in [1.29, 1.82) is 5.26 Å². The van der Waals surface area contributed by atoms with E-state index in [1.165, 1.54) is 6.26 Å². The summed E-state index contributed by atoms with van der Waals surface area (Å²) >= 11 is 0. The summed E-state index contributed by atoms with van der Waals surface area (Å²) in [5.41, 5.74) is 4.38. The van der Waals surface area contributed by atoms with Crippen LogP contribution in [0.5, 0.6) is 0 Å². The second-order valence-electron chi connectivity index (χ2n) is 2.16. The molecule has 0 spiro atoms. The Hall–Kier alpha value is -1.69. The molecule has 1 N–H and O–H groups in total. The Labute approximate surface area is 65.2 Å². The minimum absolute atomic E-state index is 0.784. The van der Waals surface area contributed by atoms with Crippen LogP contribution in [-0.4, -0.2) is 0 Å². The summed E-state index contributed by atoms with van der Waals surface area (Å²) in [4.78, 5) is 4.33. The van der Waals surface area contributed by atoms with Gasteiger partial charge in [0.1, 0.15) is 0 Å². The van der Waals surface area contributed by atoms with Crippen molar-refractivity contribution in [2.75, 3.05) is 5.48 Å². The minimum atomic E-state index is 0.784. The molecule has 0 atom stereocenters. The van der Waals surface area contributed by atoms with E-state index in [1.54, 1.807) is 0 Å². The molecular formula is C8H8N2O. The zero-order chi connectivity index (χ0) is 8.10. The maximum atomic E-state index is 8.06.